The van der Waals surface area contributed by atoms with Crippen LogP contribution >= 0.6 is 0 Å². The summed E-state index contributed by atoms with van der Waals surface area (Å²) in [5.41, 5.74) is 0. The number of hydrogen-bond donors (Lipinski definition) is 1. The van der Waals surface area contributed by atoms with Crippen LogP contribution in [0.4, 0.5) is 4.79 Å². The van der Waals surface area contributed by atoms with Crippen molar-refractivity contribution in [2.45, 2.75) is 19.8 Å². The summed E-state index contributed by atoms with van der Waals surface area (Å²) in [7, 11) is 0. The van der Waals surface area contributed by atoms with E-state index in [1.807, 2.05) is 21.6 Å². The molecule has 0 spiro atoms. The fourth-order valence-electron chi connectivity index (χ4n) is 2.44. The third kappa shape index (κ3) is 4.09. The number of rotatable bonds is 5. The fourth-order valence-corrected chi connectivity index (χ4v) is 2.44. The standard InChI is InChI=1S/C13H23N3O3/c1-2-15(9-11-3-4-11)13(19)16-7-5-14(6-8-16)10-12(17)18/h11H,2-10H2,1H3,(H,17,18). The Balaban J connectivity index is 1.78. The second-order valence-corrected chi connectivity index (χ2v) is 5.42. The van der Waals surface area contributed by atoms with Crippen LogP contribution in [0.15, 0.2) is 0 Å². The van der Waals surface area contributed by atoms with E-state index < -0.39 is 5.97 Å². The summed E-state index contributed by atoms with van der Waals surface area (Å²) < 4.78 is 0. The first-order chi connectivity index (χ1) is 9.10. The number of urea groups is 1. The molecule has 19 heavy (non-hydrogen) atoms. The fraction of sp³-hybridized carbons (Fsp3) is 0.846. The van der Waals surface area contributed by atoms with Gasteiger partial charge < -0.3 is 14.9 Å². The van der Waals surface area contributed by atoms with Gasteiger partial charge in [0.15, 0.2) is 0 Å². The second kappa shape index (κ2) is 6.23. The smallest absolute Gasteiger partial charge is 0.320 e. The minimum absolute atomic E-state index is 0.0710. The lowest BCUT2D eigenvalue weighted by molar-refractivity contribution is -0.138. The van der Waals surface area contributed by atoms with E-state index >= 15 is 0 Å². The van der Waals surface area contributed by atoms with Gasteiger partial charge in [-0.3, -0.25) is 9.69 Å². The van der Waals surface area contributed by atoms with Crippen molar-refractivity contribution in [3.63, 3.8) is 0 Å². The molecule has 0 radical (unpaired) electrons. The number of aliphatic carboxylic acids is 1. The van der Waals surface area contributed by atoms with Gasteiger partial charge in [-0.2, -0.15) is 0 Å². The minimum atomic E-state index is -0.802. The normalized spacial score (nSPS) is 20.4. The zero-order valence-corrected chi connectivity index (χ0v) is 11.5. The number of carbonyl (C=O) groups excluding carboxylic acids is 1. The molecular weight excluding hydrogens is 246 g/mol. The number of carbonyl (C=O) groups is 2. The maximum atomic E-state index is 12.3. The van der Waals surface area contributed by atoms with Crippen LogP contribution in [0.2, 0.25) is 0 Å². The first-order valence-electron chi connectivity index (χ1n) is 7.08. The Kier molecular flexibility index (Phi) is 4.63. The summed E-state index contributed by atoms with van der Waals surface area (Å²) in [4.78, 5) is 28.6. The quantitative estimate of drug-likeness (QED) is 0.791. The van der Waals surface area contributed by atoms with Gasteiger partial charge in [-0.15, -0.1) is 0 Å². The lowest BCUT2D eigenvalue weighted by atomic mass is 10.3. The molecule has 1 aliphatic heterocycles. The van der Waals surface area contributed by atoms with Crippen molar-refractivity contribution >= 4 is 12.0 Å². The molecule has 108 valence electrons. The van der Waals surface area contributed by atoms with Crippen molar-refractivity contribution in [3.8, 4) is 0 Å². The topological polar surface area (TPSA) is 64.1 Å². The molecule has 1 N–H and O–H groups in total. The first kappa shape index (κ1) is 14.1. The number of carboxylic acids is 1. The molecule has 6 nitrogen and oxygen atoms in total. The molecule has 1 aliphatic carbocycles. The SMILES string of the molecule is CCN(CC1CC1)C(=O)N1CCN(CC(=O)O)CC1. The molecule has 0 atom stereocenters. The minimum Gasteiger partial charge on any atom is -0.480 e. The summed E-state index contributed by atoms with van der Waals surface area (Å²) in [6, 6.07) is 0.115. The number of hydrogen-bond acceptors (Lipinski definition) is 3. The van der Waals surface area contributed by atoms with Crippen molar-refractivity contribution in [3.05, 3.63) is 0 Å². The van der Waals surface area contributed by atoms with Crippen molar-refractivity contribution in [2.75, 3.05) is 45.8 Å². The lowest BCUT2D eigenvalue weighted by Crippen LogP contribution is -2.53. The van der Waals surface area contributed by atoms with Crippen LogP contribution in [-0.2, 0) is 4.79 Å². The van der Waals surface area contributed by atoms with Crippen LogP contribution in [0.25, 0.3) is 0 Å². The van der Waals surface area contributed by atoms with Crippen molar-refractivity contribution in [1.82, 2.24) is 14.7 Å². The average molecular weight is 269 g/mol. The van der Waals surface area contributed by atoms with Gasteiger partial charge in [0.05, 0.1) is 6.54 Å². The van der Waals surface area contributed by atoms with Crippen LogP contribution in [0, 0.1) is 5.92 Å². The number of carboxylic acid groups (broad SMARTS) is 1. The van der Waals surface area contributed by atoms with E-state index in [0.29, 0.717) is 32.1 Å². The van der Waals surface area contributed by atoms with Gasteiger partial charge in [0.2, 0.25) is 0 Å². The van der Waals surface area contributed by atoms with E-state index in [9.17, 15) is 9.59 Å². The highest BCUT2D eigenvalue weighted by molar-refractivity contribution is 5.74. The van der Waals surface area contributed by atoms with E-state index in [-0.39, 0.29) is 12.6 Å². The molecule has 2 fully saturated rings. The van der Waals surface area contributed by atoms with E-state index in [1.165, 1.54) is 12.8 Å². The van der Waals surface area contributed by atoms with Gasteiger partial charge in [0.1, 0.15) is 0 Å². The van der Waals surface area contributed by atoms with Crippen molar-refractivity contribution in [1.29, 1.82) is 0 Å². The van der Waals surface area contributed by atoms with Crippen LogP contribution in [0.5, 0.6) is 0 Å². The van der Waals surface area contributed by atoms with Gasteiger partial charge in [-0.05, 0) is 25.7 Å². The average Bonchev–Trinajstić information content (AvgIpc) is 3.19. The number of nitrogens with zero attached hydrogens (tertiary/aromatic N) is 3. The zero-order chi connectivity index (χ0) is 13.8. The number of piperazine rings is 1. The van der Waals surface area contributed by atoms with Gasteiger partial charge in [0.25, 0.3) is 0 Å². The molecule has 1 saturated carbocycles. The summed E-state index contributed by atoms with van der Waals surface area (Å²) in [5.74, 6) is -0.0964. The van der Waals surface area contributed by atoms with Crippen LogP contribution in [0.3, 0.4) is 0 Å². The molecule has 0 aromatic rings. The van der Waals surface area contributed by atoms with E-state index in [0.717, 1.165) is 13.1 Å². The van der Waals surface area contributed by atoms with Gasteiger partial charge in [-0.1, -0.05) is 0 Å². The molecule has 2 amide bonds. The van der Waals surface area contributed by atoms with Crippen molar-refractivity contribution < 1.29 is 14.7 Å². The second-order valence-electron chi connectivity index (χ2n) is 5.42. The largest absolute Gasteiger partial charge is 0.480 e. The maximum absolute atomic E-state index is 12.3. The molecule has 2 rings (SSSR count). The number of amides is 2. The monoisotopic (exact) mass is 269 g/mol. The maximum Gasteiger partial charge on any atom is 0.320 e. The molecule has 2 aliphatic rings. The Morgan fingerprint density at radius 1 is 1.21 bits per heavy atom. The summed E-state index contributed by atoms with van der Waals surface area (Å²) in [5, 5.41) is 8.74. The zero-order valence-electron chi connectivity index (χ0n) is 11.5. The predicted molar refractivity (Wildman–Crippen MR) is 71.0 cm³/mol. The highest BCUT2D eigenvalue weighted by Crippen LogP contribution is 2.29. The highest BCUT2D eigenvalue weighted by Gasteiger charge is 2.29. The lowest BCUT2D eigenvalue weighted by Gasteiger charge is -2.36. The van der Waals surface area contributed by atoms with Crippen LogP contribution < -0.4 is 0 Å². The highest BCUT2D eigenvalue weighted by atomic mass is 16.4. The van der Waals surface area contributed by atoms with E-state index in [2.05, 4.69) is 0 Å². The van der Waals surface area contributed by atoms with Gasteiger partial charge >= 0.3 is 12.0 Å². The third-order valence-electron chi connectivity index (χ3n) is 3.83. The molecule has 0 aromatic heterocycles. The third-order valence-corrected chi connectivity index (χ3v) is 3.83. The molecule has 0 bridgehead atoms. The van der Waals surface area contributed by atoms with Gasteiger partial charge in [-0.25, -0.2) is 4.79 Å². The van der Waals surface area contributed by atoms with Crippen LogP contribution in [0.1, 0.15) is 19.8 Å². The molecule has 0 unspecified atom stereocenters. The molecular formula is C13H23N3O3. The first-order valence-corrected chi connectivity index (χ1v) is 7.08. The Morgan fingerprint density at radius 2 is 1.84 bits per heavy atom. The van der Waals surface area contributed by atoms with Gasteiger partial charge in [0, 0.05) is 39.3 Å². The van der Waals surface area contributed by atoms with E-state index in [1.54, 1.807) is 0 Å². The Bertz CT molecular complexity index is 336. The van der Waals surface area contributed by atoms with E-state index in [4.69, 9.17) is 5.11 Å². The van der Waals surface area contributed by atoms with Crippen molar-refractivity contribution in [2.24, 2.45) is 5.92 Å². The molecule has 1 saturated heterocycles. The summed E-state index contributed by atoms with van der Waals surface area (Å²) in [6.45, 7) is 6.29. The Labute approximate surface area is 114 Å². The molecule has 6 heteroatoms. The summed E-state index contributed by atoms with van der Waals surface area (Å²) >= 11 is 0. The molecule has 0 aromatic carbocycles. The molecule has 1 heterocycles. The van der Waals surface area contributed by atoms with Crippen LogP contribution in [-0.4, -0.2) is 77.6 Å². The summed E-state index contributed by atoms with van der Waals surface area (Å²) in [6.07, 6.45) is 2.49. The Hall–Kier alpha value is -1.30. The predicted octanol–water partition coefficient (Wildman–Crippen LogP) is 0.540. The Morgan fingerprint density at radius 3 is 2.32 bits per heavy atom.